The molecule has 0 heterocycles. The summed E-state index contributed by atoms with van der Waals surface area (Å²) in [5.41, 5.74) is 9.68. The normalized spacial score (nSPS) is 13.1. The first-order valence-electron chi connectivity index (χ1n) is 6.03. The van der Waals surface area contributed by atoms with Crippen LogP contribution < -0.4 is 5.73 Å². The molecule has 0 fully saturated rings. The lowest BCUT2D eigenvalue weighted by Crippen LogP contribution is -2.25. The molecule has 0 aliphatic carbocycles. The molecular formula is C14H24N2. The zero-order valence-electron chi connectivity index (χ0n) is 11.0. The third-order valence-electron chi connectivity index (χ3n) is 3.26. The Balaban J connectivity index is 2.78. The first kappa shape index (κ1) is 13.2. The van der Waals surface area contributed by atoms with Gasteiger partial charge in [-0.2, -0.15) is 0 Å². The van der Waals surface area contributed by atoms with E-state index in [1.165, 1.54) is 16.7 Å². The van der Waals surface area contributed by atoms with Gasteiger partial charge in [0.25, 0.3) is 0 Å². The van der Waals surface area contributed by atoms with E-state index in [0.717, 1.165) is 19.5 Å². The van der Waals surface area contributed by atoms with E-state index in [-0.39, 0.29) is 0 Å². The van der Waals surface area contributed by atoms with Crippen LogP contribution in [0.1, 0.15) is 36.1 Å². The summed E-state index contributed by atoms with van der Waals surface area (Å²) in [7, 11) is 2.17. The zero-order chi connectivity index (χ0) is 12.1. The van der Waals surface area contributed by atoms with Crippen LogP contribution in [0.5, 0.6) is 0 Å². The van der Waals surface area contributed by atoms with Gasteiger partial charge in [0.15, 0.2) is 0 Å². The molecule has 1 aromatic rings. The molecule has 0 spiro atoms. The highest BCUT2D eigenvalue weighted by Gasteiger charge is 2.13. The fraction of sp³-hybridized carbons (Fsp3) is 0.571. The van der Waals surface area contributed by atoms with Crippen molar-refractivity contribution in [1.29, 1.82) is 0 Å². The smallest absolute Gasteiger partial charge is 0.0319 e. The van der Waals surface area contributed by atoms with Gasteiger partial charge in [-0.05, 0) is 58.5 Å². The van der Waals surface area contributed by atoms with Crippen LogP contribution in [-0.4, -0.2) is 25.0 Å². The predicted octanol–water partition coefficient (Wildman–Crippen LogP) is 2.65. The summed E-state index contributed by atoms with van der Waals surface area (Å²) in [6.45, 7) is 8.42. The van der Waals surface area contributed by atoms with Crippen molar-refractivity contribution in [2.45, 2.75) is 33.2 Å². The highest BCUT2D eigenvalue weighted by Crippen LogP contribution is 2.23. The minimum absolute atomic E-state index is 0.464. The molecule has 0 aliphatic rings. The number of aryl methyl sites for hydroxylation is 2. The van der Waals surface area contributed by atoms with Crippen LogP contribution in [0.25, 0.3) is 0 Å². The van der Waals surface area contributed by atoms with Gasteiger partial charge in [0.2, 0.25) is 0 Å². The van der Waals surface area contributed by atoms with Gasteiger partial charge in [0.1, 0.15) is 0 Å². The summed E-state index contributed by atoms with van der Waals surface area (Å²) in [6.07, 6.45) is 1.06. The molecule has 2 nitrogen and oxygen atoms in total. The number of benzene rings is 1. The van der Waals surface area contributed by atoms with Crippen molar-refractivity contribution in [2.24, 2.45) is 5.73 Å². The molecule has 1 aromatic carbocycles. The second-order valence-corrected chi connectivity index (χ2v) is 4.66. The molecule has 90 valence electrons. The van der Waals surface area contributed by atoms with Crippen molar-refractivity contribution < 1.29 is 0 Å². The maximum Gasteiger partial charge on any atom is 0.0319 e. The van der Waals surface area contributed by atoms with Crippen molar-refractivity contribution in [3.63, 3.8) is 0 Å². The SMILES string of the molecule is Cc1ccc(C)c(C(C)N(C)CCCN)c1. The molecule has 1 atom stereocenters. The van der Waals surface area contributed by atoms with E-state index in [1.807, 2.05) is 0 Å². The molecule has 0 radical (unpaired) electrons. The van der Waals surface area contributed by atoms with Crippen LogP contribution in [0.15, 0.2) is 18.2 Å². The summed E-state index contributed by atoms with van der Waals surface area (Å²) in [5.74, 6) is 0. The minimum Gasteiger partial charge on any atom is -0.330 e. The van der Waals surface area contributed by atoms with E-state index in [1.54, 1.807) is 0 Å². The molecule has 0 aliphatic heterocycles. The van der Waals surface area contributed by atoms with E-state index in [0.29, 0.717) is 6.04 Å². The Morgan fingerprint density at radius 3 is 2.62 bits per heavy atom. The van der Waals surface area contributed by atoms with Crippen LogP contribution in [0.2, 0.25) is 0 Å². The van der Waals surface area contributed by atoms with Crippen molar-refractivity contribution >= 4 is 0 Å². The van der Waals surface area contributed by atoms with E-state index in [9.17, 15) is 0 Å². The Hall–Kier alpha value is -0.860. The summed E-state index contributed by atoms with van der Waals surface area (Å²) < 4.78 is 0. The topological polar surface area (TPSA) is 29.3 Å². The monoisotopic (exact) mass is 220 g/mol. The predicted molar refractivity (Wildman–Crippen MR) is 70.6 cm³/mol. The summed E-state index contributed by atoms with van der Waals surface area (Å²) in [4.78, 5) is 2.37. The molecule has 0 saturated heterocycles. The van der Waals surface area contributed by atoms with Crippen LogP contribution in [0.4, 0.5) is 0 Å². The van der Waals surface area contributed by atoms with Crippen molar-refractivity contribution in [3.8, 4) is 0 Å². The number of nitrogens with two attached hydrogens (primary N) is 1. The number of nitrogens with zero attached hydrogens (tertiary/aromatic N) is 1. The van der Waals surface area contributed by atoms with Gasteiger partial charge in [-0.3, -0.25) is 4.90 Å². The van der Waals surface area contributed by atoms with E-state index < -0.39 is 0 Å². The Bertz CT molecular complexity index is 334. The van der Waals surface area contributed by atoms with Gasteiger partial charge in [-0.1, -0.05) is 23.8 Å². The summed E-state index contributed by atoms with van der Waals surface area (Å²) in [6, 6.07) is 7.13. The van der Waals surface area contributed by atoms with Gasteiger partial charge in [0.05, 0.1) is 0 Å². The van der Waals surface area contributed by atoms with E-state index in [4.69, 9.17) is 5.73 Å². The molecule has 1 rings (SSSR count). The van der Waals surface area contributed by atoms with Gasteiger partial charge < -0.3 is 5.73 Å². The Labute approximate surface area is 99.5 Å². The first-order valence-corrected chi connectivity index (χ1v) is 6.03. The molecule has 0 bridgehead atoms. The third-order valence-corrected chi connectivity index (χ3v) is 3.26. The molecule has 2 N–H and O–H groups in total. The van der Waals surface area contributed by atoms with Gasteiger partial charge in [-0.15, -0.1) is 0 Å². The zero-order valence-corrected chi connectivity index (χ0v) is 11.0. The average Bonchev–Trinajstić information content (AvgIpc) is 2.28. The average molecular weight is 220 g/mol. The molecule has 0 amide bonds. The largest absolute Gasteiger partial charge is 0.330 e. The fourth-order valence-corrected chi connectivity index (χ4v) is 1.98. The lowest BCUT2D eigenvalue weighted by Gasteiger charge is -2.26. The summed E-state index contributed by atoms with van der Waals surface area (Å²) >= 11 is 0. The Morgan fingerprint density at radius 1 is 1.31 bits per heavy atom. The van der Waals surface area contributed by atoms with Crippen LogP contribution >= 0.6 is 0 Å². The number of hydrogen-bond donors (Lipinski definition) is 1. The van der Waals surface area contributed by atoms with Crippen molar-refractivity contribution in [1.82, 2.24) is 4.90 Å². The fourth-order valence-electron chi connectivity index (χ4n) is 1.98. The molecule has 0 aromatic heterocycles. The molecule has 16 heavy (non-hydrogen) atoms. The summed E-state index contributed by atoms with van der Waals surface area (Å²) in [5, 5.41) is 0. The van der Waals surface area contributed by atoms with E-state index in [2.05, 4.69) is 50.9 Å². The Morgan fingerprint density at radius 2 is 2.00 bits per heavy atom. The lowest BCUT2D eigenvalue weighted by atomic mass is 9.99. The van der Waals surface area contributed by atoms with Crippen molar-refractivity contribution in [2.75, 3.05) is 20.1 Å². The van der Waals surface area contributed by atoms with Crippen LogP contribution in [0.3, 0.4) is 0 Å². The van der Waals surface area contributed by atoms with Gasteiger partial charge in [0, 0.05) is 6.04 Å². The van der Waals surface area contributed by atoms with Gasteiger partial charge in [-0.25, -0.2) is 0 Å². The first-order chi connectivity index (χ1) is 7.56. The number of hydrogen-bond acceptors (Lipinski definition) is 2. The highest BCUT2D eigenvalue weighted by molar-refractivity contribution is 5.32. The Kier molecular flexibility index (Phi) is 4.97. The molecule has 1 unspecified atom stereocenters. The van der Waals surface area contributed by atoms with Gasteiger partial charge >= 0.3 is 0 Å². The third kappa shape index (κ3) is 3.32. The lowest BCUT2D eigenvalue weighted by molar-refractivity contribution is 0.259. The quantitative estimate of drug-likeness (QED) is 0.826. The molecular weight excluding hydrogens is 196 g/mol. The van der Waals surface area contributed by atoms with Crippen LogP contribution in [0, 0.1) is 13.8 Å². The molecule has 0 saturated carbocycles. The maximum atomic E-state index is 5.54. The highest BCUT2D eigenvalue weighted by atomic mass is 15.1. The maximum absolute atomic E-state index is 5.54. The second-order valence-electron chi connectivity index (χ2n) is 4.66. The minimum atomic E-state index is 0.464. The number of rotatable bonds is 5. The second kappa shape index (κ2) is 6.02. The molecule has 2 heteroatoms. The van der Waals surface area contributed by atoms with E-state index >= 15 is 0 Å². The standard InChI is InChI=1S/C14H24N2/c1-11-6-7-12(2)14(10-11)13(3)16(4)9-5-8-15/h6-7,10,13H,5,8-9,15H2,1-4H3. The van der Waals surface area contributed by atoms with Crippen molar-refractivity contribution in [3.05, 3.63) is 34.9 Å². The van der Waals surface area contributed by atoms with Crippen LogP contribution in [-0.2, 0) is 0 Å².